The molecule has 44 heavy (non-hydrogen) atoms. The Morgan fingerprint density at radius 2 is 1.80 bits per heavy atom. The maximum atomic E-state index is 13.9. The predicted octanol–water partition coefficient (Wildman–Crippen LogP) is 5.48. The average molecular weight is 602 g/mol. The van der Waals surface area contributed by atoms with Crippen molar-refractivity contribution >= 4 is 17.6 Å². The molecule has 1 fully saturated rings. The van der Waals surface area contributed by atoms with Gasteiger partial charge in [-0.3, -0.25) is 14.4 Å². The van der Waals surface area contributed by atoms with E-state index in [-0.39, 0.29) is 35.0 Å². The van der Waals surface area contributed by atoms with Gasteiger partial charge in [0.05, 0.1) is 37.4 Å². The van der Waals surface area contributed by atoms with Crippen molar-refractivity contribution in [1.82, 2.24) is 15.2 Å². The third kappa shape index (κ3) is 5.60. The minimum atomic E-state index is -0.587. The first-order chi connectivity index (χ1) is 20.9. The number of likely N-dealkylation sites (N-methyl/N-ethyl adjacent to an activating group) is 1. The number of hydrogen-bond donors (Lipinski definition) is 1. The molecule has 3 aliphatic heterocycles. The van der Waals surface area contributed by atoms with E-state index in [1.807, 2.05) is 38.2 Å². The molecular formula is C35H43N3O6. The van der Waals surface area contributed by atoms with E-state index in [4.69, 9.17) is 14.2 Å². The van der Waals surface area contributed by atoms with Crippen LogP contribution in [-0.2, 0) is 19.1 Å². The molecule has 6 rings (SSSR count). The molecule has 0 spiro atoms. The van der Waals surface area contributed by atoms with Crippen LogP contribution < -0.4 is 14.8 Å². The molecule has 1 aromatic carbocycles. The molecule has 2 atom stereocenters. The Morgan fingerprint density at radius 3 is 2.39 bits per heavy atom. The number of carbonyl (C=O) groups excluding carboxylic acids is 3. The first kappa shape index (κ1) is 31.3. The summed E-state index contributed by atoms with van der Waals surface area (Å²) in [6, 6.07) is 9.29. The van der Waals surface area contributed by atoms with Crippen molar-refractivity contribution in [1.29, 1.82) is 0 Å². The van der Waals surface area contributed by atoms with Crippen LogP contribution in [-0.4, -0.2) is 61.3 Å². The van der Waals surface area contributed by atoms with E-state index in [2.05, 4.69) is 38.0 Å². The fourth-order valence-electron chi connectivity index (χ4n) is 6.91. The number of rotatable bonds is 5. The number of amides is 2. The molecular weight excluding hydrogens is 558 g/mol. The Hall–Kier alpha value is -4.14. The molecule has 9 heteroatoms. The molecule has 234 valence electrons. The molecule has 2 amide bonds. The molecule has 2 aromatic rings. The van der Waals surface area contributed by atoms with Gasteiger partial charge in [0.25, 0.3) is 5.91 Å². The summed E-state index contributed by atoms with van der Waals surface area (Å²) in [4.78, 5) is 44.2. The van der Waals surface area contributed by atoms with Crippen LogP contribution in [0.25, 0.3) is 11.3 Å². The zero-order chi connectivity index (χ0) is 31.9. The maximum absolute atomic E-state index is 13.9. The smallest absolute Gasteiger partial charge is 0.254 e. The molecule has 4 aliphatic rings. The second kappa shape index (κ2) is 12.1. The Balaban J connectivity index is 0.000000573. The number of methoxy groups -OCH3 is 2. The topological polar surface area (TPSA) is 107 Å². The highest BCUT2D eigenvalue weighted by Gasteiger charge is 2.52. The van der Waals surface area contributed by atoms with Gasteiger partial charge in [-0.1, -0.05) is 33.8 Å². The minimum absolute atomic E-state index is 0.0163. The van der Waals surface area contributed by atoms with E-state index < -0.39 is 5.92 Å². The van der Waals surface area contributed by atoms with Crippen LogP contribution in [0.15, 0.2) is 53.0 Å². The normalized spacial score (nSPS) is 22.3. The Kier molecular flexibility index (Phi) is 8.60. The molecule has 1 N–H and O–H groups in total. The first-order valence-electron chi connectivity index (χ1n) is 15.3. The number of carbonyl (C=O) groups is 3. The van der Waals surface area contributed by atoms with E-state index >= 15 is 0 Å². The summed E-state index contributed by atoms with van der Waals surface area (Å²) < 4.78 is 17.8. The lowest BCUT2D eigenvalue weighted by atomic mass is 9.68. The van der Waals surface area contributed by atoms with Crippen molar-refractivity contribution in [2.45, 2.75) is 72.3 Å². The van der Waals surface area contributed by atoms with E-state index in [9.17, 15) is 14.4 Å². The van der Waals surface area contributed by atoms with Crippen LogP contribution in [0, 0.1) is 18.3 Å². The molecule has 0 unspecified atom stereocenters. The van der Waals surface area contributed by atoms with Gasteiger partial charge in [0.2, 0.25) is 11.8 Å². The monoisotopic (exact) mass is 601 g/mol. The highest BCUT2D eigenvalue weighted by Crippen LogP contribution is 2.55. The van der Waals surface area contributed by atoms with Crippen LogP contribution in [0.5, 0.6) is 11.6 Å². The number of nitrogens with zero attached hydrogens (tertiary/aromatic N) is 2. The molecule has 1 aromatic heterocycles. The van der Waals surface area contributed by atoms with Crippen molar-refractivity contribution in [3.05, 3.63) is 64.1 Å². The van der Waals surface area contributed by atoms with Crippen LogP contribution >= 0.6 is 0 Å². The highest BCUT2D eigenvalue weighted by molar-refractivity contribution is 6.07. The van der Waals surface area contributed by atoms with Gasteiger partial charge in [0.15, 0.2) is 5.78 Å². The van der Waals surface area contributed by atoms with Crippen LogP contribution in [0.1, 0.15) is 70.4 Å². The number of ether oxygens (including phenoxy) is 3. The Bertz CT molecular complexity index is 1560. The van der Waals surface area contributed by atoms with Crippen molar-refractivity contribution in [3.8, 4) is 22.9 Å². The van der Waals surface area contributed by atoms with Crippen LogP contribution in [0.3, 0.4) is 0 Å². The lowest BCUT2D eigenvalue weighted by Crippen LogP contribution is -2.36. The molecule has 9 nitrogen and oxygen atoms in total. The number of Topliss-reactive ketones (excluding diaryl/α,β-unsaturated/α-hetero) is 1. The molecule has 1 aliphatic carbocycles. The van der Waals surface area contributed by atoms with Crippen molar-refractivity contribution < 1.29 is 28.6 Å². The molecule has 4 heterocycles. The third-order valence-electron chi connectivity index (χ3n) is 8.92. The number of aromatic nitrogens is 1. The fraction of sp³-hybridized carbons (Fsp3) is 0.486. The number of ketones is 1. The van der Waals surface area contributed by atoms with Crippen molar-refractivity contribution in [2.75, 3.05) is 27.8 Å². The second-order valence-corrected chi connectivity index (χ2v) is 13.1. The van der Waals surface area contributed by atoms with Crippen LogP contribution in [0.2, 0.25) is 0 Å². The Morgan fingerprint density at radius 1 is 1.05 bits per heavy atom. The van der Waals surface area contributed by atoms with Crippen molar-refractivity contribution in [2.24, 2.45) is 11.3 Å². The number of benzene rings is 1. The van der Waals surface area contributed by atoms with Gasteiger partial charge in [-0.2, -0.15) is 0 Å². The summed E-state index contributed by atoms with van der Waals surface area (Å²) in [7, 11) is 5.03. The summed E-state index contributed by atoms with van der Waals surface area (Å²) in [6.45, 7) is 11.2. The summed E-state index contributed by atoms with van der Waals surface area (Å²) in [6.07, 6.45) is 2.78. The quantitative estimate of drug-likeness (QED) is 0.484. The lowest BCUT2D eigenvalue weighted by Gasteiger charge is -2.39. The summed E-state index contributed by atoms with van der Waals surface area (Å²) >= 11 is 0. The number of hydrogen-bond acceptors (Lipinski definition) is 7. The maximum Gasteiger partial charge on any atom is 0.254 e. The lowest BCUT2D eigenvalue weighted by molar-refractivity contribution is -0.126. The fourth-order valence-corrected chi connectivity index (χ4v) is 6.91. The van der Waals surface area contributed by atoms with Gasteiger partial charge in [-0.05, 0) is 48.4 Å². The molecule has 0 saturated carbocycles. The van der Waals surface area contributed by atoms with E-state index in [1.165, 1.54) is 0 Å². The van der Waals surface area contributed by atoms with Gasteiger partial charge in [-0.15, -0.1) is 0 Å². The summed E-state index contributed by atoms with van der Waals surface area (Å²) in [5.41, 5.74) is 4.22. The number of nitrogens with one attached hydrogen (secondary N) is 1. The van der Waals surface area contributed by atoms with Gasteiger partial charge in [0.1, 0.15) is 17.3 Å². The predicted molar refractivity (Wildman–Crippen MR) is 167 cm³/mol. The molecule has 0 bridgehead atoms. The van der Waals surface area contributed by atoms with Gasteiger partial charge >= 0.3 is 0 Å². The first-order valence-corrected chi connectivity index (χ1v) is 15.3. The van der Waals surface area contributed by atoms with Crippen molar-refractivity contribution in [3.63, 3.8) is 0 Å². The average Bonchev–Trinajstić information content (AvgIpc) is 3.55. The zero-order valence-electron chi connectivity index (χ0n) is 27.0. The van der Waals surface area contributed by atoms with E-state index in [0.717, 1.165) is 41.8 Å². The van der Waals surface area contributed by atoms with Gasteiger partial charge in [-0.25, -0.2) is 4.98 Å². The number of allylic oxidation sites excluding steroid dienone is 2. The second-order valence-electron chi connectivity index (χ2n) is 13.1. The molecule has 1 saturated heterocycles. The van der Waals surface area contributed by atoms with Gasteiger partial charge in [0, 0.05) is 55.6 Å². The zero-order valence-corrected chi connectivity index (χ0v) is 27.0. The molecule has 0 radical (unpaired) electrons. The third-order valence-corrected chi connectivity index (χ3v) is 8.92. The van der Waals surface area contributed by atoms with Crippen LogP contribution in [0.4, 0.5) is 0 Å². The Labute approximate surface area is 259 Å². The number of pyridine rings is 1. The van der Waals surface area contributed by atoms with Gasteiger partial charge < -0.3 is 24.4 Å². The summed E-state index contributed by atoms with van der Waals surface area (Å²) in [5, 5.41) is 2.68. The van der Waals surface area contributed by atoms with E-state index in [0.29, 0.717) is 47.1 Å². The SMILES string of the molecule is COc1cccc(-c2ccc(OC)c([C@H]3C4=C(CC(C)(C)CC4=O)OC4=C3C(=O)N(C)[C@@H]4C(C)C)c2C)n1.O=C1CCCN1. The minimum Gasteiger partial charge on any atom is -0.496 e. The highest BCUT2D eigenvalue weighted by atomic mass is 16.5. The largest absolute Gasteiger partial charge is 0.496 e. The standard InChI is InChI=1S/C31H36N2O5.C4H7NO/c1-16(2)28-29-27(30(35)33(28)6)26(25-20(34)14-31(4,5)15-22(25)38-29)24-17(3)18(12-13-21(24)36-7)19-10-9-11-23(32-19)37-8;6-4-2-1-3-5-4/h9-13,16,26,28H,14-15H2,1-8H3;1-3H2,(H,5,6)/t26-,28+;/m0./s1. The van der Waals surface area contributed by atoms with E-state index in [1.54, 1.807) is 25.2 Å². The summed E-state index contributed by atoms with van der Waals surface area (Å²) in [5.74, 6) is 2.14.